The Kier molecular flexibility index (Phi) is 19.7. The highest BCUT2D eigenvalue weighted by atomic mass is 35.5. The molecule has 0 unspecified atom stereocenters. The molecule has 2 atom stereocenters. The molecule has 400 valence electrons. The van der Waals surface area contributed by atoms with E-state index in [0.29, 0.717) is 92.8 Å². The van der Waals surface area contributed by atoms with E-state index < -0.39 is 12.2 Å². The minimum Gasteiger partial charge on any atom is -0.491 e. The maximum absolute atomic E-state index is 10.0. The van der Waals surface area contributed by atoms with E-state index >= 15 is 0 Å². The first-order chi connectivity index (χ1) is 35.5. The summed E-state index contributed by atoms with van der Waals surface area (Å²) >= 11 is 13.3. The fraction of sp³-hybridized carbons (Fsp3) is 0.519. The maximum atomic E-state index is 10.0. The molecule has 2 aromatic carbocycles. The summed E-state index contributed by atoms with van der Waals surface area (Å²) in [5.74, 6) is 6.21. The molecule has 2 saturated carbocycles. The molecule has 2 aliphatic carbocycles. The summed E-state index contributed by atoms with van der Waals surface area (Å²) in [6.45, 7) is 17.1. The smallest absolute Gasteiger partial charge is 0.163 e. The van der Waals surface area contributed by atoms with Crippen molar-refractivity contribution in [2.45, 2.75) is 98.4 Å². The predicted octanol–water partition coefficient (Wildman–Crippen LogP) is 8.76. The Hall–Kier alpha value is -5.44. The number of hydrogen-bond acceptors (Lipinski definition) is 18. The van der Waals surface area contributed by atoms with Gasteiger partial charge < -0.3 is 59.1 Å². The first-order valence-electron chi connectivity index (χ1n) is 25.2. The van der Waals surface area contributed by atoms with Crippen molar-refractivity contribution in [3.8, 4) is 56.8 Å². The van der Waals surface area contributed by atoms with Gasteiger partial charge in [-0.1, -0.05) is 33.5 Å². The Labute approximate surface area is 444 Å². The summed E-state index contributed by atoms with van der Waals surface area (Å²) in [4.78, 5) is 22.0. The zero-order chi connectivity index (χ0) is 53.2. The monoisotopic (exact) mass is 1060 g/mol. The van der Waals surface area contributed by atoms with Crippen LogP contribution in [0.25, 0.3) is 45.3 Å². The average Bonchev–Trinajstić information content (AvgIpc) is 3.87. The Morgan fingerprint density at radius 1 is 0.703 bits per heavy atom. The van der Waals surface area contributed by atoms with Gasteiger partial charge in [0.15, 0.2) is 11.6 Å². The highest BCUT2D eigenvalue weighted by molar-refractivity contribution is 6.33. The average molecular weight is 1060 g/mol. The van der Waals surface area contributed by atoms with E-state index in [1.54, 1.807) is 51.5 Å². The van der Waals surface area contributed by atoms with Crippen molar-refractivity contribution in [1.29, 1.82) is 0 Å². The lowest BCUT2D eigenvalue weighted by atomic mass is 9.80. The van der Waals surface area contributed by atoms with Gasteiger partial charge in [0.05, 0.1) is 43.9 Å². The van der Waals surface area contributed by atoms with E-state index in [9.17, 15) is 10.2 Å². The summed E-state index contributed by atoms with van der Waals surface area (Å²) in [5.41, 5.74) is 7.92. The van der Waals surface area contributed by atoms with Gasteiger partial charge in [0.2, 0.25) is 0 Å². The topological polar surface area (TPSA) is 220 Å². The lowest BCUT2D eigenvalue weighted by Gasteiger charge is -2.42. The summed E-state index contributed by atoms with van der Waals surface area (Å²) in [7, 11) is 7.39. The van der Waals surface area contributed by atoms with E-state index in [1.807, 2.05) is 54.5 Å². The van der Waals surface area contributed by atoms with Crippen LogP contribution in [0.5, 0.6) is 11.5 Å². The largest absolute Gasteiger partial charge is 0.491 e. The number of methoxy groups -OCH3 is 1. The number of nitrogens with zero attached hydrogens (tertiary/aromatic N) is 7. The third-order valence-electron chi connectivity index (χ3n) is 13.6. The number of aliphatic hydroxyl groups excluding tert-OH is 2. The maximum Gasteiger partial charge on any atom is 0.163 e. The molecule has 0 aliphatic heterocycles. The number of aryl methyl sites for hydroxylation is 4. The van der Waals surface area contributed by atoms with Gasteiger partial charge >= 0.3 is 0 Å². The molecule has 20 heteroatoms. The molecule has 2 aliphatic rings. The van der Waals surface area contributed by atoms with Crippen molar-refractivity contribution >= 4 is 34.8 Å². The minimum atomic E-state index is -0.629. The first kappa shape index (κ1) is 56.3. The Balaban J connectivity index is 0.000000216. The molecule has 0 spiro atoms. The SMILES string of the molecule is CCOCC1CC(Nc2nc(-c3cc(OC[C@H](O)CNC)ccc3Cl)nc(-c3c(C)noc3C)c2C)C1.CNC[C@@H](O)COc1ccc(Cl)c(-c2nc(-c3c(C)noc3C)c(C)c(N(C)C3CC(COC)C3)n2)c1. The number of hydrogen-bond donors (Lipinski definition) is 5. The summed E-state index contributed by atoms with van der Waals surface area (Å²) in [6, 6.07) is 11.4. The molecule has 5 N–H and O–H groups in total. The highest BCUT2D eigenvalue weighted by Gasteiger charge is 2.35. The Morgan fingerprint density at radius 3 is 1.68 bits per heavy atom. The molecule has 6 aromatic rings. The molecule has 74 heavy (non-hydrogen) atoms. The standard InChI is InChI=1S/2C27H36ClN5O4/c1-15-25(24-16(2)32-37-17(24)3)30-26(31-27(15)33(5)19-9-18(10-19)13-35-6)22-11-21(7-8-23(22)28)36-14-20(34)12-29-4;1-6-35-13-18-9-19(10-18)30-26-15(2)25(24-16(3)33-37-17(24)4)31-27(32-26)22-11-21(7-8-23(22)28)36-14-20(34)12-29-5/h7-8,11,18-20,29,34H,9-10,12-14H2,1-6H3;7-8,11,18-20,29,34H,6,9-10,12-14H2,1-5H3,(H,30,31,32)/t2*18?,19?,20-/m11/s1. The van der Waals surface area contributed by atoms with Crippen LogP contribution in [-0.2, 0) is 9.47 Å². The molecule has 0 radical (unpaired) electrons. The number of nitrogens with one attached hydrogen (secondary N) is 3. The van der Waals surface area contributed by atoms with Crippen LogP contribution >= 0.6 is 23.2 Å². The van der Waals surface area contributed by atoms with Crippen LogP contribution in [-0.4, -0.2) is 139 Å². The van der Waals surface area contributed by atoms with E-state index in [4.69, 9.17) is 71.1 Å². The molecular weight excluding hydrogens is 988 g/mol. The molecule has 0 saturated heterocycles. The number of rotatable bonds is 23. The van der Waals surface area contributed by atoms with Crippen LogP contribution in [0.1, 0.15) is 66.6 Å². The van der Waals surface area contributed by atoms with Gasteiger partial charge in [0, 0.05) is 81.4 Å². The normalized spacial score (nSPS) is 17.9. The van der Waals surface area contributed by atoms with Gasteiger partial charge in [-0.05, 0) is 136 Å². The first-order valence-corrected chi connectivity index (χ1v) is 26.0. The molecular formula is C54H72Cl2N10O8. The van der Waals surface area contributed by atoms with Crippen LogP contribution in [0.2, 0.25) is 10.0 Å². The molecule has 4 heterocycles. The zero-order valence-corrected chi connectivity index (χ0v) is 45.9. The van der Waals surface area contributed by atoms with Gasteiger partial charge in [0.25, 0.3) is 0 Å². The second-order valence-corrected chi connectivity index (χ2v) is 20.2. The van der Waals surface area contributed by atoms with Crippen LogP contribution in [0.3, 0.4) is 0 Å². The lowest BCUT2D eigenvalue weighted by Crippen LogP contribution is -2.44. The zero-order valence-electron chi connectivity index (χ0n) is 44.4. The molecule has 8 rings (SSSR count). The van der Waals surface area contributed by atoms with Gasteiger partial charge in [-0.2, -0.15) is 0 Å². The Morgan fingerprint density at radius 2 is 1.20 bits per heavy atom. The van der Waals surface area contributed by atoms with Gasteiger partial charge in [-0.15, -0.1) is 0 Å². The molecule has 0 bridgehead atoms. The summed E-state index contributed by atoms with van der Waals surface area (Å²) in [5, 5.41) is 38.8. The number of aliphatic hydroxyl groups is 2. The third-order valence-corrected chi connectivity index (χ3v) is 14.2. The fourth-order valence-corrected chi connectivity index (χ4v) is 9.81. The van der Waals surface area contributed by atoms with Crippen LogP contribution < -0.4 is 30.3 Å². The second-order valence-electron chi connectivity index (χ2n) is 19.3. The second kappa shape index (κ2) is 25.9. The van der Waals surface area contributed by atoms with E-state index in [0.717, 1.165) is 102 Å². The third kappa shape index (κ3) is 13.5. The van der Waals surface area contributed by atoms with Crippen LogP contribution in [0.4, 0.5) is 11.6 Å². The van der Waals surface area contributed by atoms with Crippen molar-refractivity contribution in [3.63, 3.8) is 0 Å². The van der Waals surface area contributed by atoms with Crippen molar-refractivity contribution in [2.24, 2.45) is 11.8 Å². The number of ether oxygens (including phenoxy) is 4. The predicted molar refractivity (Wildman–Crippen MR) is 289 cm³/mol. The number of halogens is 2. The lowest BCUT2D eigenvalue weighted by molar-refractivity contribution is 0.0733. The molecule has 2 fully saturated rings. The van der Waals surface area contributed by atoms with Gasteiger partial charge in [-0.3, -0.25) is 0 Å². The molecule has 18 nitrogen and oxygen atoms in total. The van der Waals surface area contributed by atoms with E-state index in [-0.39, 0.29) is 13.2 Å². The number of likely N-dealkylation sites (N-methyl/N-ethyl adjacent to an activating group) is 2. The summed E-state index contributed by atoms with van der Waals surface area (Å²) < 4.78 is 33.5. The van der Waals surface area contributed by atoms with Crippen molar-refractivity contribution < 1.29 is 38.2 Å². The number of anilines is 2. The minimum absolute atomic E-state index is 0.151. The van der Waals surface area contributed by atoms with Crippen LogP contribution in [0, 0.1) is 53.4 Å². The summed E-state index contributed by atoms with van der Waals surface area (Å²) in [6.07, 6.45) is 2.88. The van der Waals surface area contributed by atoms with Crippen LogP contribution in [0.15, 0.2) is 45.4 Å². The van der Waals surface area contributed by atoms with Gasteiger partial charge in [0.1, 0.15) is 60.1 Å². The Bertz CT molecular complexity index is 2780. The van der Waals surface area contributed by atoms with Crippen molar-refractivity contribution in [3.05, 3.63) is 80.5 Å². The fourth-order valence-electron chi connectivity index (χ4n) is 9.41. The molecule has 4 aromatic heterocycles. The molecule has 0 amide bonds. The number of aromatic nitrogens is 6. The van der Waals surface area contributed by atoms with E-state index in [2.05, 4.69) is 38.2 Å². The van der Waals surface area contributed by atoms with Crippen molar-refractivity contribution in [2.75, 3.05) is 84.6 Å². The number of benzene rings is 2. The van der Waals surface area contributed by atoms with E-state index in [1.165, 1.54) is 0 Å². The quantitative estimate of drug-likeness (QED) is 0.0405. The van der Waals surface area contributed by atoms with Gasteiger partial charge in [-0.25, -0.2) is 19.9 Å². The van der Waals surface area contributed by atoms with Crippen molar-refractivity contribution in [1.82, 2.24) is 40.9 Å². The highest BCUT2D eigenvalue weighted by Crippen LogP contribution is 2.41.